The molecule has 0 radical (unpaired) electrons. The van der Waals surface area contributed by atoms with E-state index in [4.69, 9.17) is 21.7 Å². The Morgan fingerprint density at radius 2 is 1.71 bits per heavy atom. The van der Waals surface area contributed by atoms with Gasteiger partial charge in [-0.15, -0.1) is 5.10 Å². The van der Waals surface area contributed by atoms with Gasteiger partial charge in [0.15, 0.2) is 17.3 Å². The number of aromatic nitrogens is 7. The van der Waals surface area contributed by atoms with Crippen molar-refractivity contribution in [1.29, 1.82) is 0 Å². The molecule has 0 unspecified atom stereocenters. The van der Waals surface area contributed by atoms with E-state index in [0.717, 1.165) is 53.8 Å². The molecule has 12 heteroatoms. The molecule has 0 amide bonds. The zero-order valence-electron chi connectivity index (χ0n) is 18.6. The van der Waals surface area contributed by atoms with Crippen molar-refractivity contribution in [3.05, 3.63) is 58.0 Å². The van der Waals surface area contributed by atoms with Gasteiger partial charge in [0.05, 0.1) is 16.4 Å². The zero-order valence-corrected chi connectivity index (χ0v) is 19.4. The normalized spacial score (nSPS) is 14.5. The number of nitrogens with zero attached hydrogens (tertiary/aromatic N) is 8. The topological polar surface area (TPSA) is 77.0 Å². The molecule has 0 atom stereocenters. The van der Waals surface area contributed by atoms with E-state index in [0.29, 0.717) is 17.9 Å². The molecule has 4 aromatic rings. The van der Waals surface area contributed by atoms with Crippen LogP contribution in [0.1, 0.15) is 41.4 Å². The summed E-state index contributed by atoms with van der Waals surface area (Å²) in [5.74, 6) is 1.60. The summed E-state index contributed by atoms with van der Waals surface area (Å²) >= 11 is 6.01. The number of alkyl halides is 3. The first kappa shape index (κ1) is 22.6. The lowest BCUT2D eigenvalue weighted by Crippen LogP contribution is -2.22. The van der Waals surface area contributed by atoms with Gasteiger partial charge >= 0.3 is 6.18 Å². The van der Waals surface area contributed by atoms with Gasteiger partial charge in [0.1, 0.15) is 5.56 Å². The Kier molecular flexibility index (Phi) is 5.67. The van der Waals surface area contributed by atoms with Crippen LogP contribution in [0.2, 0.25) is 5.02 Å². The van der Waals surface area contributed by atoms with Crippen LogP contribution in [-0.4, -0.2) is 47.4 Å². The maximum atomic E-state index is 13.5. The van der Waals surface area contributed by atoms with E-state index < -0.39 is 11.7 Å². The quantitative estimate of drug-likeness (QED) is 0.413. The fourth-order valence-electron chi connectivity index (χ4n) is 4.11. The molecular formula is C22H22ClF3N8. The third-order valence-electron chi connectivity index (χ3n) is 5.85. The highest BCUT2D eigenvalue weighted by molar-refractivity contribution is 6.31. The number of aryl methyl sites for hydroxylation is 4. The molecule has 5 heterocycles. The SMILES string of the molecule is Cc1cc(-n2nc(CCc3nc4c(C(F)(F)F)cc(Cl)c(C)n4n3)nc2N2CCCC2)ccn1. The summed E-state index contributed by atoms with van der Waals surface area (Å²) in [4.78, 5) is 15.4. The van der Waals surface area contributed by atoms with Crippen molar-refractivity contribution in [3.63, 3.8) is 0 Å². The van der Waals surface area contributed by atoms with Crippen LogP contribution in [0.25, 0.3) is 11.3 Å². The van der Waals surface area contributed by atoms with Gasteiger partial charge in [-0.05, 0) is 44.9 Å². The van der Waals surface area contributed by atoms with E-state index in [9.17, 15) is 13.2 Å². The van der Waals surface area contributed by atoms with Gasteiger partial charge in [-0.25, -0.2) is 9.50 Å². The molecule has 0 N–H and O–H groups in total. The van der Waals surface area contributed by atoms with Gasteiger partial charge in [0, 0.05) is 37.8 Å². The van der Waals surface area contributed by atoms with Gasteiger partial charge < -0.3 is 4.90 Å². The molecule has 0 saturated carbocycles. The summed E-state index contributed by atoms with van der Waals surface area (Å²) in [6.45, 7) is 5.32. The van der Waals surface area contributed by atoms with Crippen LogP contribution >= 0.6 is 11.6 Å². The van der Waals surface area contributed by atoms with Crippen LogP contribution in [0.4, 0.5) is 19.1 Å². The van der Waals surface area contributed by atoms with Gasteiger partial charge in [0.2, 0.25) is 5.95 Å². The molecule has 1 fully saturated rings. The molecule has 4 aromatic heterocycles. The zero-order chi connectivity index (χ0) is 24.0. The molecule has 1 saturated heterocycles. The van der Waals surface area contributed by atoms with Crippen LogP contribution in [0.5, 0.6) is 0 Å². The number of halogens is 4. The predicted octanol–water partition coefficient (Wildman–Crippen LogP) is 4.38. The lowest BCUT2D eigenvalue weighted by atomic mass is 10.2. The number of rotatable bonds is 5. The van der Waals surface area contributed by atoms with E-state index in [1.54, 1.807) is 17.8 Å². The van der Waals surface area contributed by atoms with Crippen LogP contribution in [0.3, 0.4) is 0 Å². The first-order chi connectivity index (χ1) is 16.2. The summed E-state index contributed by atoms with van der Waals surface area (Å²) in [5.41, 5.74) is 0.959. The standard InChI is InChI=1S/C22H22ClF3N8/c1-13-11-15(7-8-27-13)34-21(32-9-3-4-10-32)29-19(31-34)6-5-18-28-20-16(22(24,25)26)12-17(23)14(2)33(20)30-18/h7-8,11-12H,3-6,9-10H2,1-2H3. The largest absolute Gasteiger partial charge is 0.420 e. The third kappa shape index (κ3) is 4.20. The van der Waals surface area contributed by atoms with Crippen molar-refractivity contribution < 1.29 is 13.2 Å². The molecule has 1 aliphatic heterocycles. The second-order valence-electron chi connectivity index (χ2n) is 8.34. The fraction of sp³-hybridized carbons (Fsp3) is 0.409. The molecule has 0 bridgehead atoms. The lowest BCUT2D eigenvalue weighted by Gasteiger charge is -2.16. The molecule has 8 nitrogen and oxygen atoms in total. The van der Waals surface area contributed by atoms with E-state index >= 15 is 0 Å². The third-order valence-corrected chi connectivity index (χ3v) is 6.23. The molecule has 1 aliphatic rings. The van der Waals surface area contributed by atoms with E-state index in [-0.39, 0.29) is 22.9 Å². The number of pyridine rings is 2. The van der Waals surface area contributed by atoms with Gasteiger partial charge in [0.25, 0.3) is 0 Å². The number of anilines is 1. The van der Waals surface area contributed by atoms with E-state index in [2.05, 4.69) is 20.0 Å². The minimum Gasteiger partial charge on any atom is -0.341 e. The summed E-state index contributed by atoms with van der Waals surface area (Å²) in [6, 6.07) is 4.71. The average Bonchev–Trinajstić information content (AvgIpc) is 3.53. The fourth-order valence-corrected chi connectivity index (χ4v) is 4.30. The average molecular weight is 491 g/mol. The Morgan fingerprint density at radius 1 is 1.00 bits per heavy atom. The summed E-state index contributed by atoms with van der Waals surface area (Å²) in [7, 11) is 0. The van der Waals surface area contributed by atoms with Gasteiger partial charge in [-0.2, -0.15) is 27.9 Å². The Balaban J connectivity index is 1.46. The van der Waals surface area contributed by atoms with Crippen LogP contribution in [0, 0.1) is 13.8 Å². The highest BCUT2D eigenvalue weighted by Gasteiger charge is 2.35. The second kappa shape index (κ2) is 8.53. The van der Waals surface area contributed by atoms with Crippen LogP contribution in [-0.2, 0) is 19.0 Å². The Hall–Kier alpha value is -3.21. The number of hydrogen-bond acceptors (Lipinski definition) is 6. The molecule has 0 aliphatic carbocycles. The maximum absolute atomic E-state index is 13.5. The van der Waals surface area contributed by atoms with Crippen molar-refractivity contribution in [2.24, 2.45) is 0 Å². The monoisotopic (exact) mass is 490 g/mol. The second-order valence-corrected chi connectivity index (χ2v) is 8.75. The van der Waals surface area contributed by atoms with E-state index in [1.807, 2.05) is 19.1 Å². The maximum Gasteiger partial charge on any atom is 0.420 e. The summed E-state index contributed by atoms with van der Waals surface area (Å²) in [6.07, 6.45) is -0.0151. The Bertz CT molecular complexity index is 1350. The van der Waals surface area contributed by atoms with Gasteiger partial charge in [-0.1, -0.05) is 11.6 Å². The molecular weight excluding hydrogens is 469 g/mol. The summed E-state index contributed by atoms with van der Waals surface area (Å²) in [5, 5.41) is 8.96. The minimum atomic E-state index is -4.59. The van der Waals surface area contributed by atoms with Crippen molar-refractivity contribution in [2.75, 3.05) is 18.0 Å². The highest BCUT2D eigenvalue weighted by atomic mass is 35.5. The molecule has 0 aromatic carbocycles. The smallest absolute Gasteiger partial charge is 0.341 e. The Labute approximate surface area is 198 Å². The van der Waals surface area contributed by atoms with Crippen molar-refractivity contribution >= 4 is 23.2 Å². The van der Waals surface area contributed by atoms with Crippen molar-refractivity contribution in [3.8, 4) is 5.69 Å². The molecule has 5 rings (SSSR count). The Morgan fingerprint density at radius 3 is 2.38 bits per heavy atom. The van der Waals surface area contributed by atoms with E-state index in [1.165, 1.54) is 0 Å². The molecule has 178 valence electrons. The minimum absolute atomic E-state index is 0.0143. The lowest BCUT2D eigenvalue weighted by molar-refractivity contribution is -0.136. The molecule has 34 heavy (non-hydrogen) atoms. The predicted molar refractivity (Wildman–Crippen MR) is 120 cm³/mol. The van der Waals surface area contributed by atoms with Crippen LogP contribution in [0.15, 0.2) is 24.4 Å². The first-order valence-corrected chi connectivity index (χ1v) is 11.3. The number of fused-ring (bicyclic) bond motifs is 1. The van der Waals surface area contributed by atoms with Crippen LogP contribution < -0.4 is 4.90 Å². The van der Waals surface area contributed by atoms with Crippen molar-refractivity contribution in [2.45, 2.75) is 45.7 Å². The number of hydrogen-bond donors (Lipinski definition) is 0. The highest BCUT2D eigenvalue weighted by Crippen LogP contribution is 2.35. The van der Waals surface area contributed by atoms with Gasteiger partial charge in [-0.3, -0.25) is 4.98 Å². The first-order valence-electron chi connectivity index (χ1n) is 11.0. The summed E-state index contributed by atoms with van der Waals surface area (Å²) < 4.78 is 43.5. The van der Waals surface area contributed by atoms with Crippen molar-refractivity contribution in [1.82, 2.24) is 34.3 Å². The molecule has 0 spiro atoms.